The van der Waals surface area contributed by atoms with Crippen molar-refractivity contribution < 1.29 is 13.2 Å². The monoisotopic (exact) mass is 212 g/mol. The zero-order valence-electron chi connectivity index (χ0n) is 7.93. The van der Waals surface area contributed by atoms with E-state index in [0.29, 0.717) is 11.5 Å². The summed E-state index contributed by atoms with van der Waals surface area (Å²) in [5.74, 6) is 0.109. The number of hydrogen-bond donors (Lipinski definition) is 0. The lowest BCUT2D eigenvalue weighted by atomic mass is 10.2. The van der Waals surface area contributed by atoms with Crippen LogP contribution in [-0.4, -0.2) is 26.9 Å². The first-order valence-corrected chi connectivity index (χ1v) is 6.15. The average Bonchev–Trinajstić information content (AvgIpc) is 2.88. The van der Waals surface area contributed by atoms with E-state index in [1.165, 1.54) is 0 Å². The summed E-state index contributed by atoms with van der Waals surface area (Å²) >= 11 is 0. The Morgan fingerprint density at radius 2 is 2.07 bits per heavy atom. The highest BCUT2D eigenvalue weighted by Gasteiger charge is 2.30. The number of aryl methyl sites for hydroxylation is 1. The van der Waals surface area contributed by atoms with Crippen molar-refractivity contribution in [3.05, 3.63) is 29.8 Å². The molecule has 2 rings (SSSR count). The number of sulfone groups is 1. The molecule has 1 heterocycles. The highest BCUT2D eigenvalue weighted by atomic mass is 32.2. The fourth-order valence-corrected chi connectivity index (χ4v) is 3.11. The van der Waals surface area contributed by atoms with Crippen molar-refractivity contribution in [2.45, 2.75) is 17.9 Å². The van der Waals surface area contributed by atoms with Crippen molar-refractivity contribution in [3.63, 3.8) is 0 Å². The quantitative estimate of drug-likeness (QED) is 0.706. The molecule has 3 nitrogen and oxygen atoms in total. The molecule has 1 aromatic rings. The Morgan fingerprint density at radius 3 is 2.64 bits per heavy atom. The van der Waals surface area contributed by atoms with Crippen LogP contribution in [0.15, 0.2) is 29.2 Å². The Balaban J connectivity index is 2.33. The van der Waals surface area contributed by atoms with Gasteiger partial charge in [-0.3, -0.25) is 0 Å². The smallest absolute Gasteiger partial charge is 0.181 e. The molecule has 1 atom stereocenters. The van der Waals surface area contributed by atoms with E-state index in [2.05, 4.69) is 0 Å². The summed E-state index contributed by atoms with van der Waals surface area (Å²) in [6, 6.07) is 7.03. The van der Waals surface area contributed by atoms with Crippen LogP contribution < -0.4 is 0 Å². The maximum atomic E-state index is 11.8. The number of hydrogen-bond acceptors (Lipinski definition) is 3. The third kappa shape index (κ3) is 1.96. The second-order valence-corrected chi connectivity index (χ2v) is 5.50. The first-order chi connectivity index (χ1) is 6.59. The summed E-state index contributed by atoms with van der Waals surface area (Å²) in [7, 11) is -3.15. The first-order valence-electron chi connectivity index (χ1n) is 4.49. The van der Waals surface area contributed by atoms with Crippen LogP contribution in [0.3, 0.4) is 0 Å². The molecular weight excluding hydrogens is 200 g/mol. The van der Waals surface area contributed by atoms with Crippen LogP contribution in [0.4, 0.5) is 0 Å². The number of rotatable bonds is 3. The molecular formula is C10H12O3S. The summed E-state index contributed by atoms with van der Waals surface area (Å²) in [6.07, 6.45) is -0.0837. The molecule has 0 radical (unpaired) electrons. The lowest BCUT2D eigenvalue weighted by Crippen LogP contribution is -2.12. The summed E-state index contributed by atoms with van der Waals surface area (Å²) in [4.78, 5) is 0.426. The minimum absolute atomic E-state index is 0.0837. The van der Waals surface area contributed by atoms with E-state index in [4.69, 9.17) is 4.74 Å². The van der Waals surface area contributed by atoms with Crippen LogP contribution in [0.25, 0.3) is 0 Å². The fourth-order valence-electron chi connectivity index (χ4n) is 1.40. The third-order valence-electron chi connectivity index (χ3n) is 2.24. The van der Waals surface area contributed by atoms with Crippen molar-refractivity contribution in [2.75, 3.05) is 12.4 Å². The molecule has 1 fully saturated rings. The van der Waals surface area contributed by atoms with E-state index in [0.717, 1.165) is 5.56 Å². The van der Waals surface area contributed by atoms with Gasteiger partial charge in [0, 0.05) is 0 Å². The SMILES string of the molecule is Cc1ccccc1S(=O)(=O)CC1CO1. The highest BCUT2D eigenvalue weighted by molar-refractivity contribution is 7.91. The van der Waals surface area contributed by atoms with Gasteiger partial charge in [-0.05, 0) is 18.6 Å². The molecule has 1 unspecified atom stereocenters. The Morgan fingerprint density at radius 1 is 1.43 bits per heavy atom. The van der Waals surface area contributed by atoms with E-state index in [9.17, 15) is 8.42 Å². The molecule has 0 saturated carbocycles. The van der Waals surface area contributed by atoms with Crippen molar-refractivity contribution in [1.29, 1.82) is 0 Å². The molecule has 0 aromatic heterocycles. The van der Waals surface area contributed by atoms with Gasteiger partial charge in [-0.2, -0.15) is 0 Å². The molecule has 0 bridgehead atoms. The third-order valence-corrected chi connectivity index (χ3v) is 4.18. The van der Waals surface area contributed by atoms with Gasteiger partial charge in [0.15, 0.2) is 9.84 Å². The highest BCUT2D eigenvalue weighted by Crippen LogP contribution is 2.20. The van der Waals surface area contributed by atoms with E-state index in [1.807, 2.05) is 6.07 Å². The van der Waals surface area contributed by atoms with Gasteiger partial charge in [-0.1, -0.05) is 18.2 Å². The Labute approximate surface area is 83.6 Å². The standard InChI is InChI=1S/C10H12O3S/c1-8-4-2-3-5-10(8)14(11,12)7-9-6-13-9/h2-5,9H,6-7H2,1H3. The van der Waals surface area contributed by atoms with Gasteiger partial charge in [0.05, 0.1) is 23.4 Å². The molecule has 1 aliphatic rings. The van der Waals surface area contributed by atoms with Gasteiger partial charge in [-0.25, -0.2) is 8.42 Å². The van der Waals surface area contributed by atoms with Crippen molar-refractivity contribution in [2.24, 2.45) is 0 Å². The van der Waals surface area contributed by atoms with Gasteiger partial charge in [0.25, 0.3) is 0 Å². The van der Waals surface area contributed by atoms with E-state index in [1.54, 1.807) is 25.1 Å². The Bertz CT molecular complexity index is 432. The predicted molar refractivity (Wildman–Crippen MR) is 53.0 cm³/mol. The molecule has 1 aliphatic heterocycles. The van der Waals surface area contributed by atoms with Crippen LogP contribution >= 0.6 is 0 Å². The second-order valence-electron chi connectivity index (χ2n) is 3.50. The van der Waals surface area contributed by atoms with Gasteiger partial charge >= 0.3 is 0 Å². The molecule has 14 heavy (non-hydrogen) atoms. The molecule has 0 aliphatic carbocycles. The molecule has 0 N–H and O–H groups in total. The number of epoxide rings is 1. The van der Waals surface area contributed by atoms with E-state index in [-0.39, 0.29) is 11.9 Å². The molecule has 76 valence electrons. The largest absolute Gasteiger partial charge is 0.372 e. The zero-order valence-corrected chi connectivity index (χ0v) is 8.75. The Hall–Kier alpha value is -0.870. The first kappa shape index (κ1) is 9.68. The summed E-state index contributed by atoms with van der Waals surface area (Å²) in [6.45, 7) is 2.38. The van der Waals surface area contributed by atoms with Crippen LogP contribution in [0, 0.1) is 6.92 Å². The van der Waals surface area contributed by atoms with Crippen LogP contribution in [0.1, 0.15) is 5.56 Å². The summed E-state index contributed by atoms with van der Waals surface area (Å²) in [5.41, 5.74) is 0.799. The van der Waals surface area contributed by atoms with E-state index >= 15 is 0 Å². The van der Waals surface area contributed by atoms with Crippen LogP contribution in [0.5, 0.6) is 0 Å². The van der Waals surface area contributed by atoms with Gasteiger partial charge in [0.1, 0.15) is 0 Å². The topological polar surface area (TPSA) is 46.7 Å². The molecule has 1 saturated heterocycles. The minimum atomic E-state index is -3.15. The maximum Gasteiger partial charge on any atom is 0.181 e. The number of ether oxygens (including phenoxy) is 1. The lowest BCUT2D eigenvalue weighted by molar-refractivity contribution is 0.422. The molecule has 1 aromatic carbocycles. The molecule has 4 heteroatoms. The summed E-state index contributed by atoms with van der Waals surface area (Å²) in [5, 5.41) is 0. The maximum absolute atomic E-state index is 11.8. The molecule has 0 spiro atoms. The lowest BCUT2D eigenvalue weighted by Gasteiger charge is -2.05. The van der Waals surface area contributed by atoms with Crippen molar-refractivity contribution >= 4 is 9.84 Å². The van der Waals surface area contributed by atoms with E-state index < -0.39 is 9.84 Å². The van der Waals surface area contributed by atoms with Crippen molar-refractivity contribution in [1.82, 2.24) is 0 Å². The van der Waals surface area contributed by atoms with Crippen LogP contribution in [0.2, 0.25) is 0 Å². The van der Waals surface area contributed by atoms with Gasteiger partial charge < -0.3 is 4.74 Å². The number of benzene rings is 1. The predicted octanol–water partition coefficient (Wildman–Crippen LogP) is 1.17. The van der Waals surface area contributed by atoms with Crippen LogP contribution in [-0.2, 0) is 14.6 Å². The fraction of sp³-hybridized carbons (Fsp3) is 0.400. The molecule has 0 amide bonds. The average molecular weight is 212 g/mol. The summed E-state index contributed by atoms with van der Waals surface area (Å²) < 4.78 is 28.6. The Kier molecular flexibility index (Phi) is 2.33. The van der Waals surface area contributed by atoms with Gasteiger partial charge in [-0.15, -0.1) is 0 Å². The minimum Gasteiger partial charge on any atom is -0.372 e. The van der Waals surface area contributed by atoms with Crippen molar-refractivity contribution in [3.8, 4) is 0 Å². The van der Waals surface area contributed by atoms with Gasteiger partial charge in [0.2, 0.25) is 0 Å². The normalized spacial score (nSPS) is 20.8. The zero-order chi connectivity index (χ0) is 10.2. The second kappa shape index (κ2) is 3.37.